The second kappa shape index (κ2) is 10.6. The fraction of sp³-hybridized carbons (Fsp3) is 0.160. The Bertz CT molecular complexity index is 1030. The highest BCUT2D eigenvalue weighted by Gasteiger charge is 2.11. The molecule has 0 aromatic heterocycles. The van der Waals surface area contributed by atoms with E-state index in [2.05, 4.69) is 28.2 Å². The van der Waals surface area contributed by atoms with Crippen LogP contribution in [0.2, 0.25) is 0 Å². The highest BCUT2D eigenvalue weighted by atomic mass is 79.9. The summed E-state index contributed by atoms with van der Waals surface area (Å²) in [5.74, 6) is 1.03. The van der Waals surface area contributed by atoms with Crippen LogP contribution in [-0.2, 0) is 17.8 Å². The van der Waals surface area contributed by atoms with Gasteiger partial charge in [-0.3, -0.25) is 4.79 Å². The predicted octanol–water partition coefficient (Wildman–Crippen LogP) is 6.25. The largest absolute Gasteiger partial charge is 0.493 e. The number of nitrogens with one attached hydrogen (secondary N) is 1. The lowest BCUT2D eigenvalue weighted by Crippen LogP contribution is -2.09. The van der Waals surface area contributed by atoms with Gasteiger partial charge in [0.2, 0.25) is 5.91 Å². The lowest BCUT2D eigenvalue weighted by molar-refractivity contribution is -0.111. The number of benzene rings is 3. The van der Waals surface area contributed by atoms with Crippen molar-refractivity contribution in [3.05, 3.63) is 94.0 Å². The molecule has 1 amide bonds. The minimum Gasteiger partial charge on any atom is -0.493 e. The van der Waals surface area contributed by atoms with Gasteiger partial charge in [-0.2, -0.15) is 0 Å². The zero-order valence-corrected chi connectivity index (χ0v) is 18.6. The maximum atomic E-state index is 12.4. The van der Waals surface area contributed by atoms with Gasteiger partial charge in [-0.1, -0.05) is 55.5 Å². The standard InChI is InChI=1S/C25H24BrNO3/c1-3-20-11-7-8-12-22(20)27-24(28)14-13-19-15-21(26)25(23(16-19)29-2)30-17-18-9-5-4-6-10-18/h4-16H,3,17H2,1-2H3,(H,27,28)/b14-13+. The zero-order chi connectivity index (χ0) is 21.3. The van der Waals surface area contributed by atoms with Crippen LogP contribution < -0.4 is 14.8 Å². The Balaban J connectivity index is 1.71. The van der Waals surface area contributed by atoms with Gasteiger partial charge in [-0.15, -0.1) is 0 Å². The minimum atomic E-state index is -0.185. The smallest absolute Gasteiger partial charge is 0.248 e. The molecule has 0 fully saturated rings. The first-order valence-corrected chi connectivity index (χ1v) is 10.5. The molecule has 0 aliphatic rings. The van der Waals surface area contributed by atoms with Crippen LogP contribution in [-0.4, -0.2) is 13.0 Å². The Morgan fingerprint density at radius 3 is 2.53 bits per heavy atom. The number of para-hydroxylation sites is 1. The first-order valence-electron chi connectivity index (χ1n) is 9.72. The monoisotopic (exact) mass is 465 g/mol. The van der Waals surface area contributed by atoms with Crippen molar-refractivity contribution < 1.29 is 14.3 Å². The van der Waals surface area contributed by atoms with E-state index in [0.29, 0.717) is 18.1 Å². The summed E-state index contributed by atoms with van der Waals surface area (Å²) in [5, 5.41) is 2.93. The summed E-state index contributed by atoms with van der Waals surface area (Å²) < 4.78 is 12.2. The molecule has 0 aliphatic carbocycles. The topological polar surface area (TPSA) is 47.6 Å². The molecule has 0 radical (unpaired) electrons. The Hall–Kier alpha value is -3.05. The molecule has 0 aliphatic heterocycles. The van der Waals surface area contributed by atoms with Crippen LogP contribution in [0.15, 0.2) is 77.3 Å². The fourth-order valence-corrected chi connectivity index (χ4v) is 3.58. The third-order valence-corrected chi connectivity index (χ3v) is 5.15. The van der Waals surface area contributed by atoms with Crippen molar-refractivity contribution in [3.63, 3.8) is 0 Å². The number of aryl methyl sites for hydroxylation is 1. The number of ether oxygens (including phenoxy) is 2. The van der Waals surface area contributed by atoms with Crippen LogP contribution in [0.4, 0.5) is 5.69 Å². The molecule has 0 saturated heterocycles. The first kappa shape index (κ1) is 21.7. The maximum Gasteiger partial charge on any atom is 0.248 e. The van der Waals surface area contributed by atoms with Gasteiger partial charge < -0.3 is 14.8 Å². The van der Waals surface area contributed by atoms with E-state index in [1.807, 2.05) is 66.7 Å². The van der Waals surface area contributed by atoms with Gasteiger partial charge in [-0.25, -0.2) is 0 Å². The number of hydrogen-bond acceptors (Lipinski definition) is 3. The molecule has 30 heavy (non-hydrogen) atoms. The van der Waals surface area contributed by atoms with Crippen LogP contribution in [0.1, 0.15) is 23.6 Å². The van der Waals surface area contributed by atoms with Crippen molar-refractivity contribution in [2.45, 2.75) is 20.0 Å². The molecule has 3 rings (SSSR count). The second-order valence-corrected chi connectivity index (χ2v) is 7.50. The number of hydrogen-bond donors (Lipinski definition) is 1. The Morgan fingerprint density at radius 2 is 1.80 bits per heavy atom. The van der Waals surface area contributed by atoms with Gasteiger partial charge in [-0.05, 0) is 63.3 Å². The number of halogens is 1. The molecule has 0 saturated carbocycles. The molecule has 0 unspecified atom stereocenters. The van der Waals surface area contributed by atoms with Crippen molar-refractivity contribution in [1.29, 1.82) is 0 Å². The molecule has 0 atom stereocenters. The number of rotatable bonds is 8. The quantitative estimate of drug-likeness (QED) is 0.399. The van der Waals surface area contributed by atoms with Crippen LogP contribution in [0.3, 0.4) is 0 Å². The highest BCUT2D eigenvalue weighted by molar-refractivity contribution is 9.10. The van der Waals surface area contributed by atoms with E-state index in [4.69, 9.17) is 9.47 Å². The molecular formula is C25H24BrNO3. The average molecular weight is 466 g/mol. The van der Waals surface area contributed by atoms with E-state index in [1.54, 1.807) is 13.2 Å². The minimum absolute atomic E-state index is 0.185. The van der Waals surface area contributed by atoms with Gasteiger partial charge in [0.05, 0.1) is 11.6 Å². The molecule has 3 aromatic carbocycles. The van der Waals surface area contributed by atoms with Gasteiger partial charge in [0.1, 0.15) is 6.61 Å². The predicted molar refractivity (Wildman–Crippen MR) is 125 cm³/mol. The van der Waals surface area contributed by atoms with Crippen molar-refractivity contribution in [2.75, 3.05) is 12.4 Å². The van der Waals surface area contributed by atoms with E-state index in [0.717, 1.165) is 33.3 Å². The van der Waals surface area contributed by atoms with E-state index in [9.17, 15) is 4.79 Å². The van der Waals surface area contributed by atoms with Crippen molar-refractivity contribution in [3.8, 4) is 11.5 Å². The van der Waals surface area contributed by atoms with Gasteiger partial charge in [0.15, 0.2) is 11.5 Å². The molecule has 5 heteroatoms. The normalized spacial score (nSPS) is 10.8. The van der Waals surface area contributed by atoms with E-state index in [1.165, 1.54) is 6.08 Å². The maximum absolute atomic E-state index is 12.4. The van der Waals surface area contributed by atoms with Crippen molar-refractivity contribution in [1.82, 2.24) is 0 Å². The van der Waals surface area contributed by atoms with Gasteiger partial charge in [0.25, 0.3) is 0 Å². The Labute approximate surface area is 185 Å². The first-order chi connectivity index (χ1) is 14.6. The van der Waals surface area contributed by atoms with E-state index < -0.39 is 0 Å². The lowest BCUT2D eigenvalue weighted by atomic mass is 10.1. The van der Waals surface area contributed by atoms with Gasteiger partial charge >= 0.3 is 0 Å². The van der Waals surface area contributed by atoms with Crippen LogP contribution in [0, 0.1) is 0 Å². The van der Waals surface area contributed by atoms with Crippen LogP contribution in [0.5, 0.6) is 11.5 Å². The molecule has 4 nitrogen and oxygen atoms in total. The summed E-state index contributed by atoms with van der Waals surface area (Å²) >= 11 is 3.55. The molecule has 0 bridgehead atoms. The molecular weight excluding hydrogens is 442 g/mol. The number of carbonyl (C=O) groups is 1. The SMILES string of the molecule is CCc1ccccc1NC(=O)/C=C/c1cc(Br)c(OCc2ccccc2)c(OC)c1. The number of methoxy groups -OCH3 is 1. The van der Waals surface area contributed by atoms with E-state index >= 15 is 0 Å². The number of anilines is 1. The Kier molecular flexibility index (Phi) is 7.69. The lowest BCUT2D eigenvalue weighted by Gasteiger charge is -2.13. The third-order valence-electron chi connectivity index (χ3n) is 4.56. The summed E-state index contributed by atoms with van der Waals surface area (Å²) in [4.78, 5) is 12.4. The zero-order valence-electron chi connectivity index (χ0n) is 17.0. The van der Waals surface area contributed by atoms with Crippen molar-refractivity contribution in [2.24, 2.45) is 0 Å². The molecule has 0 spiro atoms. The summed E-state index contributed by atoms with van der Waals surface area (Å²) in [6.07, 6.45) is 4.12. The molecule has 0 heterocycles. The molecule has 1 N–H and O–H groups in total. The summed E-state index contributed by atoms with van der Waals surface area (Å²) in [7, 11) is 1.60. The van der Waals surface area contributed by atoms with Crippen LogP contribution in [0.25, 0.3) is 6.08 Å². The third kappa shape index (κ3) is 5.74. The second-order valence-electron chi connectivity index (χ2n) is 6.64. The van der Waals surface area contributed by atoms with Gasteiger partial charge in [0, 0.05) is 11.8 Å². The number of amides is 1. The summed E-state index contributed by atoms with van der Waals surface area (Å²) in [6, 6.07) is 21.5. The molecule has 3 aromatic rings. The van der Waals surface area contributed by atoms with Crippen molar-refractivity contribution >= 4 is 33.6 Å². The van der Waals surface area contributed by atoms with E-state index in [-0.39, 0.29) is 5.91 Å². The highest BCUT2D eigenvalue weighted by Crippen LogP contribution is 2.37. The summed E-state index contributed by atoms with van der Waals surface area (Å²) in [6.45, 7) is 2.50. The Morgan fingerprint density at radius 1 is 1.07 bits per heavy atom. The fourth-order valence-electron chi connectivity index (χ4n) is 3.00. The van der Waals surface area contributed by atoms with Crippen LogP contribution >= 0.6 is 15.9 Å². The molecule has 154 valence electrons. The average Bonchev–Trinajstić information content (AvgIpc) is 2.77. The number of carbonyl (C=O) groups excluding carboxylic acids is 1. The summed E-state index contributed by atoms with van der Waals surface area (Å²) in [5.41, 5.74) is 3.82.